The first-order valence-electron chi connectivity index (χ1n) is 5.19. The van der Waals surface area contributed by atoms with Gasteiger partial charge in [0, 0.05) is 24.7 Å². The topological polar surface area (TPSA) is 85.9 Å². The standard InChI is InChI=1S/C11H13N3O3/c1-13-11(15)17-14-9-4-5-16-10-3-2-7(12)6-8(9)10/h2-3,6H,4-5,12H2,1H3,(H,13,15). The summed E-state index contributed by atoms with van der Waals surface area (Å²) in [5.74, 6) is 0.699. The molecule has 1 heterocycles. The summed E-state index contributed by atoms with van der Waals surface area (Å²) in [5, 5.41) is 6.12. The van der Waals surface area contributed by atoms with Gasteiger partial charge in [0.1, 0.15) is 5.75 Å². The minimum Gasteiger partial charge on any atom is -0.492 e. The second kappa shape index (κ2) is 4.73. The number of rotatable bonds is 1. The summed E-state index contributed by atoms with van der Waals surface area (Å²) in [6.07, 6.45) is -0.0255. The molecule has 0 fully saturated rings. The zero-order valence-corrected chi connectivity index (χ0v) is 9.40. The highest BCUT2D eigenvalue weighted by molar-refractivity contribution is 6.04. The van der Waals surface area contributed by atoms with Gasteiger partial charge in [0.05, 0.1) is 12.3 Å². The number of carbonyl (C=O) groups is 1. The molecule has 2 rings (SSSR count). The third-order valence-corrected chi connectivity index (χ3v) is 2.35. The Morgan fingerprint density at radius 3 is 3.18 bits per heavy atom. The fourth-order valence-corrected chi connectivity index (χ4v) is 1.53. The van der Waals surface area contributed by atoms with Gasteiger partial charge in [-0.2, -0.15) is 0 Å². The summed E-state index contributed by atoms with van der Waals surface area (Å²) < 4.78 is 5.45. The van der Waals surface area contributed by atoms with E-state index in [1.54, 1.807) is 18.2 Å². The van der Waals surface area contributed by atoms with Gasteiger partial charge in [0.15, 0.2) is 0 Å². The van der Waals surface area contributed by atoms with Gasteiger partial charge in [-0.3, -0.25) is 4.84 Å². The maximum absolute atomic E-state index is 10.9. The van der Waals surface area contributed by atoms with Gasteiger partial charge in [0.25, 0.3) is 0 Å². The number of fused-ring (bicyclic) bond motifs is 1. The molecular weight excluding hydrogens is 222 g/mol. The Hall–Kier alpha value is -2.24. The molecule has 0 bridgehead atoms. The number of amides is 1. The summed E-state index contributed by atoms with van der Waals surface area (Å²) >= 11 is 0. The number of ether oxygens (including phenoxy) is 1. The molecule has 0 aromatic heterocycles. The number of oxime groups is 1. The molecule has 0 saturated heterocycles. The van der Waals surface area contributed by atoms with Crippen LogP contribution >= 0.6 is 0 Å². The summed E-state index contributed by atoms with van der Waals surface area (Å²) in [6.45, 7) is 0.507. The van der Waals surface area contributed by atoms with E-state index in [1.807, 2.05) is 0 Å². The molecule has 6 nitrogen and oxygen atoms in total. The Balaban J connectivity index is 2.27. The first kappa shape index (κ1) is 11.3. The van der Waals surface area contributed by atoms with Crippen LogP contribution in [-0.4, -0.2) is 25.5 Å². The minimum atomic E-state index is -0.602. The molecule has 0 saturated carbocycles. The van der Waals surface area contributed by atoms with Gasteiger partial charge in [-0.25, -0.2) is 4.79 Å². The van der Waals surface area contributed by atoms with Gasteiger partial charge >= 0.3 is 6.09 Å². The number of nitrogen functional groups attached to an aromatic ring is 1. The van der Waals surface area contributed by atoms with Gasteiger partial charge in [-0.05, 0) is 18.2 Å². The van der Waals surface area contributed by atoms with Crippen molar-refractivity contribution in [2.45, 2.75) is 6.42 Å². The Labute approximate surface area is 98.4 Å². The number of nitrogens with zero attached hydrogens (tertiary/aromatic N) is 1. The fourth-order valence-electron chi connectivity index (χ4n) is 1.53. The van der Waals surface area contributed by atoms with Crippen LogP contribution in [-0.2, 0) is 4.84 Å². The van der Waals surface area contributed by atoms with E-state index < -0.39 is 6.09 Å². The molecule has 1 aliphatic heterocycles. The van der Waals surface area contributed by atoms with E-state index in [0.29, 0.717) is 30.2 Å². The molecule has 0 unspecified atom stereocenters. The van der Waals surface area contributed by atoms with Crippen LogP contribution in [0.5, 0.6) is 5.75 Å². The largest absolute Gasteiger partial charge is 0.492 e. The zero-order valence-electron chi connectivity index (χ0n) is 9.40. The van der Waals surface area contributed by atoms with Crippen molar-refractivity contribution >= 4 is 17.5 Å². The average Bonchev–Trinajstić information content (AvgIpc) is 2.35. The molecule has 1 aromatic rings. The molecule has 6 heteroatoms. The van der Waals surface area contributed by atoms with E-state index in [2.05, 4.69) is 15.3 Å². The van der Waals surface area contributed by atoms with Crippen molar-refractivity contribution in [3.63, 3.8) is 0 Å². The number of hydrogen-bond donors (Lipinski definition) is 2. The summed E-state index contributed by atoms with van der Waals surface area (Å²) in [5.41, 5.74) is 7.73. The molecule has 0 radical (unpaired) electrons. The lowest BCUT2D eigenvalue weighted by molar-refractivity contribution is 0.152. The highest BCUT2D eigenvalue weighted by Crippen LogP contribution is 2.27. The Bertz CT molecular complexity index is 471. The molecule has 90 valence electrons. The highest BCUT2D eigenvalue weighted by atomic mass is 16.7. The van der Waals surface area contributed by atoms with Crippen LogP contribution in [0.3, 0.4) is 0 Å². The number of nitrogens with two attached hydrogens (primary N) is 1. The Morgan fingerprint density at radius 1 is 1.59 bits per heavy atom. The van der Waals surface area contributed by atoms with E-state index >= 15 is 0 Å². The number of benzene rings is 1. The second-order valence-electron chi connectivity index (χ2n) is 3.52. The van der Waals surface area contributed by atoms with Gasteiger partial charge in [-0.15, -0.1) is 0 Å². The molecule has 1 aliphatic rings. The molecule has 0 aliphatic carbocycles. The summed E-state index contributed by atoms with van der Waals surface area (Å²) in [7, 11) is 1.47. The highest BCUT2D eigenvalue weighted by Gasteiger charge is 2.18. The molecule has 1 aromatic carbocycles. The van der Waals surface area contributed by atoms with Crippen molar-refractivity contribution in [2.24, 2.45) is 5.16 Å². The van der Waals surface area contributed by atoms with E-state index in [-0.39, 0.29) is 0 Å². The lowest BCUT2D eigenvalue weighted by Crippen LogP contribution is -2.20. The Kier molecular flexibility index (Phi) is 3.13. The third kappa shape index (κ3) is 2.47. The van der Waals surface area contributed by atoms with Crippen LogP contribution in [0.1, 0.15) is 12.0 Å². The number of nitrogens with one attached hydrogen (secondary N) is 1. The molecule has 17 heavy (non-hydrogen) atoms. The van der Waals surface area contributed by atoms with Crippen molar-refractivity contribution < 1.29 is 14.4 Å². The summed E-state index contributed by atoms with van der Waals surface area (Å²) in [6, 6.07) is 5.28. The van der Waals surface area contributed by atoms with Gasteiger partial charge in [-0.1, -0.05) is 5.16 Å². The maximum Gasteiger partial charge on any atom is 0.433 e. The van der Waals surface area contributed by atoms with E-state index in [0.717, 1.165) is 5.56 Å². The van der Waals surface area contributed by atoms with Crippen LogP contribution in [0.25, 0.3) is 0 Å². The van der Waals surface area contributed by atoms with E-state index in [1.165, 1.54) is 7.05 Å². The van der Waals surface area contributed by atoms with Crippen molar-refractivity contribution in [2.75, 3.05) is 19.4 Å². The monoisotopic (exact) mass is 235 g/mol. The molecule has 1 amide bonds. The average molecular weight is 235 g/mol. The lowest BCUT2D eigenvalue weighted by atomic mass is 10.0. The molecule has 0 spiro atoms. The number of carbonyl (C=O) groups excluding carboxylic acids is 1. The zero-order chi connectivity index (χ0) is 12.3. The van der Waals surface area contributed by atoms with Gasteiger partial charge < -0.3 is 15.8 Å². The van der Waals surface area contributed by atoms with Crippen molar-refractivity contribution in [3.8, 4) is 5.75 Å². The van der Waals surface area contributed by atoms with Crippen LogP contribution < -0.4 is 15.8 Å². The Morgan fingerprint density at radius 2 is 2.41 bits per heavy atom. The first-order chi connectivity index (χ1) is 8.20. The first-order valence-corrected chi connectivity index (χ1v) is 5.19. The lowest BCUT2D eigenvalue weighted by Gasteiger charge is -2.18. The number of hydrogen-bond acceptors (Lipinski definition) is 5. The predicted octanol–water partition coefficient (Wildman–Crippen LogP) is 1.11. The van der Waals surface area contributed by atoms with Crippen molar-refractivity contribution in [3.05, 3.63) is 23.8 Å². The quantitative estimate of drug-likeness (QED) is 0.433. The maximum atomic E-state index is 10.9. The van der Waals surface area contributed by atoms with Crippen LogP contribution in [0, 0.1) is 0 Å². The molecule has 0 atom stereocenters. The minimum absolute atomic E-state index is 0.507. The van der Waals surface area contributed by atoms with Crippen molar-refractivity contribution in [1.29, 1.82) is 0 Å². The van der Waals surface area contributed by atoms with Crippen LogP contribution in [0.15, 0.2) is 23.4 Å². The molecule has 3 N–H and O–H groups in total. The van der Waals surface area contributed by atoms with Crippen LogP contribution in [0.4, 0.5) is 10.5 Å². The smallest absolute Gasteiger partial charge is 0.433 e. The van der Waals surface area contributed by atoms with Crippen molar-refractivity contribution in [1.82, 2.24) is 5.32 Å². The van der Waals surface area contributed by atoms with E-state index in [9.17, 15) is 4.79 Å². The fraction of sp³-hybridized carbons (Fsp3) is 0.273. The SMILES string of the molecule is CNC(=O)ON=C1CCOc2ccc(N)cc21. The van der Waals surface area contributed by atoms with E-state index in [4.69, 9.17) is 10.5 Å². The third-order valence-electron chi connectivity index (χ3n) is 2.35. The van der Waals surface area contributed by atoms with Gasteiger partial charge in [0.2, 0.25) is 0 Å². The van der Waals surface area contributed by atoms with Crippen LogP contribution in [0.2, 0.25) is 0 Å². The predicted molar refractivity (Wildman–Crippen MR) is 63.0 cm³/mol. The summed E-state index contributed by atoms with van der Waals surface area (Å²) in [4.78, 5) is 15.6. The molecular formula is C11H13N3O3. The number of anilines is 1. The second-order valence-corrected chi connectivity index (χ2v) is 3.52. The normalized spacial score (nSPS) is 15.9.